The summed E-state index contributed by atoms with van der Waals surface area (Å²) in [6, 6.07) is 0. The average Bonchev–Trinajstić information content (AvgIpc) is 2.77. The van der Waals surface area contributed by atoms with Gasteiger partial charge in [-0.05, 0) is 19.8 Å². The fourth-order valence-electron chi connectivity index (χ4n) is 2.73. The van der Waals surface area contributed by atoms with Crippen molar-refractivity contribution in [1.82, 2.24) is 10.2 Å². The minimum absolute atomic E-state index is 0.00344. The molecular formula is C21H38N2O8S. The van der Waals surface area contributed by atoms with E-state index in [2.05, 4.69) is 17.9 Å². The molecular weight excluding hydrogens is 440 g/mol. The van der Waals surface area contributed by atoms with Crippen molar-refractivity contribution in [1.29, 1.82) is 0 Å². The summed E-state index contributed by atoms with van der Waals surface area (Å²) in [5.41, 5.74) is 0. The van der Waals surface area contributed by atoms with E-state index in [1.807, 2.05) is 0 Å². The molecule has 2 amide bonds. The van der Waals surface area contributed by atoms with Crippen LogP contribution in [0.15, 0.2) is 0 Å². The molecule has 0 atom stereocenters. The van der Waals surface area contributed by atoms with Crippen molar-refractivity contribution in [2.24, 2.45) is 0 Å². The highest BCUT2D eigenvalue weighted by Crippen LogP contribution is 2.15. The van der Waals surface area contributed by atoms with E-state index < -0.39 is 0 Å². The lowest BCUT2D eigenvalue weighted by Gasteiger charge is -2.28. The van der Waals surface area contributed by atoms with Gasteiger partial charge in [-0.1, -0.05) is 0 Å². The highest BCUT2D eigenvalue weighted by Gasteiger charge is 2.21. The van der Waals surface area contributed by atoms with Crippen LogP contribution in [0.3, 0.4) is 0 Å². The maximum atomic E-state index is 11.9. The summed E-state index contributed by atoms with van der Waals surface area (Å²) in [6.07, 6.45) is 1.98. The van der Waals surface area contributed by atoms with Crippen molar-refractivity contribution < 1.29 is 38.1 Å². The average molecular weight is 479 g/mol. The highest BCUT2D eigenvalue weighted by atomic mass is 32.1. The normalized spacial score (nSPS) is 14.4. The van der Waals surface area contributed by atoms with Crippen LogP contribution in [0, 0.1) is 0 Å². The van der Waals surface area contributed by atoms with Crippen LogP contribution in [0.5, 0.6) is 0 Å². The van der Waals surface area contributed by atoms with Crippen molar-refractivity contribution >= 4 is 30.4 Å². The van der Waals surface area contributed by atoms with Crippen LogP contribution in [0.1, 0.15) is 32.6 Å². The number of ketones is 1. The third-order valence-corrected chi connectivity index (χ3v) is 5.08. The molecule has 0 unspecified atom stereocenters. The van der Waals surface area contributed by atoms with E-state index in [0.717, 1.165) is 12.8 Å². The first-order valence-corrected chi connectivity index (χ1v) is 11.7. The molecule has 10 nitrogen and oxygen atoms in total. The smallest absolute Gasteiger partial charge is 0.409 e. The quantitative estimate of drug-likeness (QED) is 0.222. The number of hydrogen-bond acceptors (Lipinski definition) is 9. The molecule has 0 aromatic rings. The Bertz CT molecular complexity index is 530. The molecule has 0 aromatic heterocycles. The van der Waals surface area contributed by atoms with E-state index in [4.69, 9.17) is 23.7 Å². The predicted molar refractivity (Wildman–Crippen MR) is 121 cm³/mol. The summed E-state index contributed by atoms with van der Waals surface area (Å²) in [6.45, 7) is 6.84. The van der Waals surface area contributed by atoms with Crippen LogP contribution in [-0.2, 0) is 33.3 Å². The van der Waals surface area contributed by atoms with Gasteiger partial charge in [-0.15, -0.1) is 0 Å². The third kappa shape index (κ3) is 16.3. The standard InChI is InChI=1S/C21H38N2O8S/c1-18(24)2-3-20(25)22-6-9-27-10-11-28-12-13-29-14-15-30-16-17-31-21(26)23-7-4-19(32)5-8-23/h19,32H,2-17H2,1H3,(H,22,25). The predicted octanol–water partition coefficient (Wildman–Crippen LogP) is 1.07. The van der Waals surface area contributed by atoms with Crippen molar-refractivity contribution in [2.75, 3.05) is 79.1 Å². The van der Waals surface area contributed by atoms with Gasteiger partial charge in [0.15, 0.2) is 0 Å². The third-order valence-electron chi connectivity index (χ3n) is 4.56. The topological polar surface area (TPSA) is 113 Å². The lowest BCUT2D eigenvalue weighted by Crippen LogP contribution is -2.39. The molecule has 1 aliphatic rings. The maximum absolute atomic E-state index is 11.9. The fraction of sp³-hybridized carbons (Fsp3) is 0.857. The SMILES string of the molecule is CC(=O)CCC(=O)NCCOCCOCCOCCOCCOC(=O)N1CCC(S)CC1. The van der Waals surface area contributed by atoms with Gasteiger partial charge in [0.2, 0.25) is 5.91 Å². The van der Waals surface area contributed by atoms with Gasteiger partial charge in [0.25, 0.3) is 0 Å². The Morgan fingerprint density at radius 2 is 1.31 bits per heavy atom. The van der Waals surface area contributed by atoms with Gasteiger partial charge in [-0.2, -0.15) is 12.6 Å². The van der Waals surface area contributed by atoms with Crippen molar-refractivity contribution in [3.05, 3.63) is 0 Å². The fourth-order valence-corrected chi connectivity index (χ4v) is 2.96. The van der Waals surface area contributed by atoms with E-state index in [0.29, 0.717) is 77.7 Å². The molecule has 0 radical (unpaired) electrons. The number of piperidine rings is 1. The zero-order chi connectivity index (χ0) is 23.4. The second kappa shape index (κ2) is 19.1. The molecule has 0 spiro atoms. The molecule has 1 rings (SSSR count). The van der Waals surface area contributed by atoms with Crippen molar-refractivity contribution in [3.8, 4) is 0 Å². The number of rotatable bonds is 18. The monoisotopic (exact) mass is 478 g/mol. The zero-order valence-corrected chi connectivity index (χ0v) is 19.9. The molecule has 1 aliphatic heterocycles. The van der Waals surface area contributed by atoms with Crippen LogP contribution >= 0.6 is 12.6 Å². The lowest BCUT2D eigenvalue weighted by atomic mass is 10.1. The van der Waals surface area contributed by atoms with Crippen LogP contribution < -0.4 is 5.32 Å². The molecule has 1 N–H and O–H groups in total. The van der Waals surface area contributed by atoms with Crippen LogP contribution in [-0.4, -0.2) is 107 Å². The minimum atomic E-state index is -0.291. The van der Waals surface area contributed by atoms with E-state index in [9.17, 15) is 14.4 Å². The Kier molecular flexibility index (Phi) is 17.1. The van der Waals surface area contributed by atoms with E-state index in [-0.39, 0.29) is 37.2 Å². The van der Waals surface area contributed by atoms with Crippen LogP contribution in [0.4, 0.5) is 4.79 Å². The zero-order valence-electron chi connectivity index (χ0n) is 19.1. The first kappa shape index (κ1) is 28.6. The number of carbonyl (C=O) groups is 3. The molecule has 0 aliphatic carbocycles. The summed E-state index contributed by atoms with van der Waals surface area (Å²) in [5.74, 6) is -0.143. The Morgan fingerprint density at radius 1 is 0.812 bits per heavy atom. The Balaban J connectivity index is 1.75. The number of likely N-dealkylation sites (tertiary alicyclic amines) is 1. The second-order valence-electron chi connectivity index (χ2n) is 7.33. The molecule has 0 saturated carbocycles. The molecule has 0 bridgehead atoms. The van der Waals surface area contributed by atoms with E-state index in [1.165, 1.54) is 6.92 Å². The molecule has 1 saturated heterocycles. The summed E-state index contributed by atoms with van der Waals surface area (Å²) >= 11 is 4.41. The van der Waals surface area contributed by atoms with Gasteiger partial charge >= 0.3 is 6.09 Å². The number of nitrogens with zero attached hydrogens (tertiary/aromatic N) is 1. The molecule has 11 heteroatoms. The van der Waals surface area contributed by atoms with E-state index >= 15 is 0 Å². The minimum Gasteiger partial charge on any atom is -0.447 e. The Labute approximate surface area is 196 Å². The number of thiol groups is 1. The van der Waals surface area contributed by atoms with E-state index in [1.54, 1.807) is 4.90 Å². The first-order chi connectivity index (χ1) is 15.5. The van der Waals surface area contributed by atoms with Gasteiger partial charge in [-0.25, -0.2) is 4.79 Å². The van der Waals surface area contributed by atoms with Crippen LogP contribution in [0.2, 0.25) is 0 Å². The summed E-state index contributed by atoms with van der Waals surface area (Å²) in [4.78, 5) is 35.7. The lowest BCUT2D eigenvalue weighted by molar-refractivity contribution is -0.124. The van der Waals surface area contributed by atoms with Crippen LogP contribution in [0.25, 0.3) is 0 Å². The summed E-state index contributed by atoms with van der Waals surface area (Å²) < 4.78 is 26.7. The summed E-state index contributed by atoms with van der Waals surface area (Å²) in [7, 11) is 0. The number of Topliss-reactive ketones (excluding diaryl/α,β-unsaturated/α-hetero) is 1. The highest BCUT2D eigenvalue weighted by molar-refractivity contribution is 7.80. The van der Waals surface area contributed by atoms with Gasteiger partial charge < -0.3 is 38.7 Å². The van der Waals surface area contributed by atoms with Crippen molar-refractivity contribution in [2.45, 2.75) is 37.9 Å². The molecule has 32 heavy (non-hydrogen) atoms. The number of amides is 2. The first-order valence-electron chi connectivity index (χ1n) is 11.2. The largest absolute Gasteiger partial charge is 0.447 e. The van der Waals surface area contributed by atoms with Gasteiger partial charge in [0.1, 0.15) is 12.4 Å². The Hall–Kier alpha value is -1.40. The number of nitrogens with one attached hydrogen (secondary N) is 1. The van der Waals surface area contributed by atoms with Gasteiger partial charge in [0, 0.05) is 37.7 Å². The van der Waals surface area contributed by atoms with Gasteiger partial charge in [-0.3, -0.25) is 4.79 Å². The Morgan fingerprint density at radius 3 is 1.84 bits per heavy atom. The van der Waals surface area contributed by atoms with Crippen molar-refractivity contribution in [3.63, 3.8) is 0 Å². The number of carbonyl (C=O) groups excluding carboxylic acids is 3. The molecule has 186 valence electrons. The number of ether oxygens (including phenoxy) is 5. The second-order valence-corrected chi connectivity index (χ2v) is 8.06. The molecule has 0 aromatic carbocycles. The van der Waals surface area contributed by atoms with Gasteiger partial charge in [0.05, 0.1) is 52.9 Å². The summed E-state index contributed by atoms with van der Waals surface area (Å²) in [5, 5.41) is 3.06. The number of hydrogen-bond donors (Lipinski definition) is 2. The maximum Gasteiger partial charge on any atom is 0.409 e. The molecule has 1 fully saturated rings. The molecule has 1 heterocycles.